The Labute approximate surface area is 189 Å². The first-order valence-corrected chi connectivity index (χ1v) is 11.1. The van der Waals surface area contributed by atoms with Crippen LogP contribution in [-0.4, -0.2) is 27.0 Å². The van der Waals surface area contributed by atoms with Crippen molar-refractivity contribution in [3.05, 3.63) is 83.4 Å². The Balaban J connectivity index is 1.44. The monoisotopic (exact) mass is 440 g/mol. The third-order valence-corrected chi connectivity index (χ3v) is 6.33. The summed E-state index contributed by atoms with van der Waals surface area (Å²) in [7, 11) is 0. The second kappa shape index (κ2) is 8.43. The largest absolute Gasteiger partial charge is 0.488 e. The predicted octanol–water partition coefficient (Wildman–Crippen LogP) is 5.45. The van der Waals surface area contributed by atoms with Crippen molar-refractivity contribution >= 4 is 50.6 Å². The maximum Gasteiger partial charge on any atom is 0.283 e. The molecule has 2 aliphatic rings. The second-order valence-corrected chi connectivity index (χ2v) is 8.37. The number of hydrazone groups is 1. The van der Waals surface area contributed by atoms with Gasteiger partial charge in [0.05, 0.1) is 5.57 Å². The molecule has 2 heterocycles. The molecule has 32 heavy (non-hydrogen) atoms. The number of thioether (sulfide) groups is 1. The summed E-state index contributed by atoms with van der Waals surface area (Å²) < 4.78 is 6.16. The van der Waals surface area contributed by atoms with Crippen molar-refractivity contribution in [2.75, 3.05) is 0 Å². The van der Waals surface area contributed by atoms with Crippen LogP contribution in [0.5, 0.6) is 5.75 Å². The normalized spacial score (nSPS) is 16.9. The van der Waals surface area contributed by atoms with Crippen molar-refractivity contribution in [2.45, 2.75) is 20.0 Å². The van der Waals surface area contributed by atoms with Crippen LogP contribution >= 0.6 is 11.8 Å². The number of hydrogen-bond donors (Lipinski definition) is 1. The predicted molar refractivity (Wildman–Crippen MR) is 130 cm³/mol. The van der Waals surface area contributed by atoms with Crippen LogP contribution in [-0.2, 0) is 11.4 Å². The number of ether oxygens (including phenoxy) is 1. The summed E-state index contributed by atoms with van der Waals surface area (Å²) in [5.41, 5.74) is 1.99. The number of carbonyl (C=O) groups excluding carboxylic acids is 1. The first kappa shape index (κ1) is 20.2. The maximum absolute atomic E-state index is 12.7. The van der Waals surface area contributed by atoms with Gasteiger partial charge < -0.3 is 4.74 Å². The number of carbonyl (C=O) groups is 1. The van der Waals surface area contributed by atoms with Gasteiger partial charge in [-0.1, -0.05) is 67.6 Å². The van der Waals surface area contributed by atoms with Crippen molar-refractivity contribution in [1.29, 1.82) is 5.41 Å². The van der Waals surface area contributed by atoms with E-state index < -0.39 is 5.91 Å². The molecule has 0 spiro atoms. The first-order valence-electron chi connectivity index (χ1n) is 10.3. The van der Waals surface area contributed by atoms with Gasteiger partial charge in [-0.3, -0.25) is 10.2 Å². The van der Waals surface area contributed by atoms with E-state index in [1.165, 1.54) is 16.8 Å². The minimum absolute atomic E-state index is 0.0276. The molecule has 0 aliphatic carbocycles. The summed E-state index contributed by atoms with van der Waals surface area (Å²) in [6, 6.07) is 21.8. The first-order chi connectivity index (χ1) is 15.6. The molecule has 2 aliphatic heterocycles. The van der Waals surface area contributed by atoms with Gasteiger partial charge in [0.15, 0.2) is 5.84 Å². The SMILES string of the molecule is CCC1=NN2C(=N)/C(=C\c3ccccc3OCc3cccc4ccccc34)C(=O)N=C2S1. The molecule has 0 bridgehead atoms. The Bertz CT molecular complexity index is 1340. The molecule has 0 aromatic heterocycles. The van der Waals surface area contributed by atoms with Crippen molar-refractivity contribution in [2.24, 2.45) is 10.1 Å². The molecule has 1 amide bonds. The molecule has 0 saturated carbocycles. The molecule has 0 atom stereocenters. The van der Waals surface area contributed by atoms with Crippen LogP contribution in [0.25, 0.3) is 16.8 Å². The van der Waals surface area contributed by atoms with E-state index in [1.807, 2.05) is 55.5 Å². The summed E-state index contributed by atoms with van der Waals surface area (Å²) in [4.78, 5) is 16.8. The maximum atomic E-state index is 12.7. The zero-order valence-corrected chi connectivity index (χ0v) is 18.2. The fourth-order valence-corrected chi connectivity index (χ4v) is 4.46. The zero-order chi connectivity index (χ0) is 22.1. The number of benzene rings is 3. The molecule has 0 fully saturated rings. The lowest BCUT2D eigenvalue weighted by molar-refractivity contribution is -0.114. The number of para-hydroxylation sites is 1. The fourth-order valence-electron chi connectivity index (χ4n) is 3.64. The molecule has 0 unspecified atom stereocenters. The highest BCUT2D eigenvalue weighted by molar-refractivity contribution is 8.26. The van der Waals surface area contributed by atoms with Crippen LogP contribution < -0.4 is 4.74 Å². The highest BCUT2D eigenvalue weighted by Crippen LogP contribution is 2.31. The summed E-state index contributed by atoms with van der Waals surface area (Å²) >= 11 is 1.33. The second-order valence-electron chi connectivity index (χ2n) is 7.33. The number of nitrogens with zero attached hydrogens (tertiary/aromatic N) is 3. The van der Waals surface area contributed by atoms with E-state index in [-0.39, 0.29) is 11.4 Å². The quantitative estimate of drug-likeness (QED) is 0.535. The molecule has 0 saturated heterocycles. The lowest BCUT2D eigenvalue weighted by atomic mass is 10.1. The van der Waals surface area contributed by atoms with Crippen molar-refractivity contribution in [1.82, 2.24) is 5.01 Å². The highest BCUT2D eigenvalue weighted by atomic mass is 32.2. The standard InChI is InChI=1S/C25H20N4O2S/c1-2-22-28-29-23(26)20(24(30)27-25(29)32-22)14-17-9-4-6-13-21(17)31-15-18-11-7-10-16-8-3-5-12-19(16)18/h3-14,26H,2,15H2,1H3/b20-14+,26-23?. The fraction of sp³-hybridized carbons (Fsp3) is 0.120. The Morgan fingerprint density at radius 2 is 1.84 bits per heavy atom. The lowest BCUT2D eigenvalue weighted by Crippen LogP contribution is -2.35. The van der Waals surface area contributed by atoms with Crippen LogP contribution in [0.2, 0.25) is 0 Å². The van der Waals surface area contributed by atoms with E-state index >= 15 is 0 Å². The van der Waals surface area contributed by atoms with Gasteiger partial charge in [-0.25, -0.2) is 0 Å². The van der Waals surface area contributed by atoms with Gasteiger partial charge in [0.2, 0.25) is 5.17 Å². The van der Waals surface area contributed by atoms with Gasteiger partial charge in [0, 0.05) is 5.56 Å². The van der Waals surface area contributed by atoms with Crippen molar-refractivity contribution in [3.63, 3.8) is 0 Å². The van der Waals surface area contributed by atoms with Crippen molar-refractivity contribution in [3.8, 4) is 5.75 Å². The minimum Gasteiger partial charge on any atom is -0.488 e. The van der Waals surface area contributed by atoms with E-state index in [0.29, 0.717) is 23.1 Å². The molecule has 3 aromatic rings. The molecule has 7 heteroatoms. The molecular formula is C25H20N4O2S. The number of amidine groups is 2. The summed E-state index contributed by atoms with van der Waals surface area (Å²) in [5.74, 6) is 0.224. The molecular weight excluding hydrogens is 420 g/mol. The van der Waals surface area contributed by atoms with Gasteiger partial charge in [0.1, 0.15) is 17.4 Å². The van der Waals surface area contributed by atoms with Gasteiger partial charge in [-0.2, -0.15) is 15.1 Å². The van der Waals surface area contributed by atoms with E-state index in [2.05, 4.69) is 28.3 Å². The van der Waals surface area contributed by atoms with E-state index in [4.69, 9.17) is 10.1 Å². The third kappa shape index (κ3) is 3.71. The van der Waals surface area contributed by atoms with Crippen LogP contribution in [0.4, 0.5) is 0 Å². The van der Waals surface area contributed by atoms with Crippen LogP contribution in [0.3, 0.4) is 0 Å². The number of fused-ring (bicyclic) bond motifs is 2. The molecule has 158 valence electrons. The highest BCUT2D eigenvalue weighted by Gasteiger charge is 2.35. The van der Waals surface area contributed by atoms with Gasteiger partial charge >= 0.3 is 0 Å². The van der Waals surface area contributed by atoms with E-state index in [0.717, 1.165) is 27.8 Å². The van der Waals surface area contributed by atoms with Gasteiger partial charge in [0.25, 0.3) is 5.91 Å². The third-order valence-electron chi connectivity index (χ3n) is 5.28. The summed E-state index contributed by atoms with van der Waals surface area (Å²) in [6.45, 7) is 2.37. The average molecular weight is 441 g/mol. The van der Waals surface area contributed by atoms with Crippen LogP contribution in [0, 0.1) is 5.41 Å². The topological polar surface area (TPSA) is 78.1 Å². The molecule has 6 nitrogen and oxygen atoms in total. The Morgan fingerprint density at radius 1 is 1.06 bits per heavy atom. The zero-order valence-electron chi connectivity index (χ0n) is 17.4. The Kier molecular flexibility index (Phi) is 5.33. The Morgan fingerprint density at radius 3 is 2.72 bits per heavy atom. The minimum atomic E-state index is -0.440. The number of nitrogens with one attached hydrogen (secondary N) is 1. The van der Waals surface area contributed by atoms with Crippen LogP contribution in [0.1, 0.15) is 24.5 Å². The van der Waals surface area contributed by atoms with Gasteiger partial charge in [-0.05, 0) is 46.7 Å². The Hall–Kier alpha value is -3.71. The number of aliphatic imine (C=N–C) groups is 1. The summed E-state index contributed by atoms with van der Waals surface area (Å²) in [5, 5.41) is 17.9. The summed E-state index contributed by atoms with van der Waals surface area (Å²) in [6.07, 6.45) is 2.39. The molecule has 0 radical (unpaired) electrons. The van der Waals surface area contributed by atoms with E-state index in [9.17, 15) is 4.79 Å². The molecule has 5 rings (SSSR count). The molecule has 3 aromatic carbocycles. The van der Waals surface area contributed by atoms with E-state index in [1.54, 1.807) is 6.08 Å². The van der Waals surface area contributed by atoms with Gasteiger partial charge in [-0.15, -0.1) is 0 Å². The lowest BCUT2D eigenvalue weighted by Gasteiger charge is -2.20. The number of rotatable bonds is 5. The van der Waals surface area contributed by atoms with Crippen LogP contribution in [0.15, 0.2) is 82.4 Å². The smallest absolute Gasteiger partial charge is 0.283 e. The number of hydrogen-bond acceptors (Lipinski definition) is 5. The molecule has 1 N–H and O–H groups in total. The average Bonchev–Trinajstić information content (AvgIpc) is 3.24. The number of amides is 1. The van der Waals surface area contributed by atoms with Crippen molar-refractivity contribution < 1.29 is 9.53 Å².